The first kappa shape index (κ1) is 14.2. The van der Waals surface area contributed by atoms with Crippen molar-refractivity contribution in [2.75, 3.05) is 5.73 Å². The predicted octanol–water partition coefficient (Wildman–Crippen LogP) is -1.97. The average Bonchev–Trinajstić information content (AvgIpc) is 2.38. The molecule has 9 nitrogen and oxygen atoms in total. The summed E-state index contributed by atoms with van der Waals surface area (Å²) < 4.78 is 1.95. The van der Waals surface area contributed by atoms with Gasteiger partial charge in [0.1, 0.15) is 17.8 Å². The number of carbonyl (C=O) groups is 1. The lowest BCUT2D eigenvalue weighted by atomic mass is 10.3. The van der Waals surface area contributed by atoms with Gasteiger partial charge in [-0.3, -0.25) is 18.7 Å². The number of anilines is 1. The first-order valence-corrected chi connectivity index (χ1v) is 5.14. The smallest absolute Gasteiger partial charge is 0.332 e. The number of hydrazone groups is 1. The van der Waals surface area contributed by atoms with Crippen LogP contribution < -0.4 is 22.4 Å². The fourth-order valence-electron chi connectivity index (χ4n) is 1.29. The van der Waals surface area contributed by atoms with Gasteiger partial charge in [-0.15, -0.1) is 0 Å². The second kappa shape index (κ2) is 5.63. The Hall–Kier alpha value is -2.89. The summed E-state index contributed by atoms with van der Waals surface area (Å²) in [5.41, 5.74) is 6.47. The van der Waals surface area contributed by atoms with E-state index in [2.05, 4.69) is 10.5 Å². The molecule has 0 saturated heterocycles. The molecule has 0 saturated carbocycles. The lowest BCUT2D eigenvalue weighted by molar-refractivity contribution is -0.120. The normalized spacial score (nSPS) is 10.4. The zero-order chi connectivity index (χ0) is 14.6. The van der Waals surface area contributed by atoms with E-state index in [4.69, 9.17) is 11.0 Å². The summed E-state index contributed by atoms with van der Waals surface area (Å²) in [7, 11) is 2.71. The van der Waals surface area contributed by atoms with Gasteiger partial charge in [0.25, 0.3) is 11.5 Å². The fourth-order valence-corrected chi connectivity index (χ4v) is 1.29. The van der Waals surface area contributed by atoms with Crippen molar-refractivity contribution in [2.24, 2.45) is 19.2 Å². The van der Waals surface area contributed by atoms with Crippen LogP contribution in [-0.2, 0) is 18.9 Å². The third kappa shape index (κ3) is 2.86. The van der Waals surface area contributed by atoms with Crippen molar-refractivity contribution < 1.29 is 4.79 Å². The van der Waals surface area contributed by atoms with Gasteiger partial charge in [0.05, 0.1) is 12.3 Å². The highest BCUT2D eigenvalue weighted by Gasteiger charge is 2.11. The number of aromatic nitrogens is 2. The van der Waals surface area contributed by atoms with E-state index in [9.17, 15) is 14.4 Å². The van der Waals surface area contributed by atoms with Gasteiger partial charge in [0.2, 0.25) is 0 Å². The Balaban J connectivity index is 3.14. The summed E-state index contributed by atoms with van der Waals surface area (Å²) in [4.78, 5) is 34.3. The van der Waals surface area contributed by atoms with E-state index >= 15 is 0 Å². The number of rotatable bonds is 3. The van der Waals surface area contributed by atoms with Crippen molar-refractivity contribution in [1.82, 2.24) is 14.6 Å². The number of amides is 1. The van der Waals surface area contributed by atoms with Crippen LogP contribution in [0.3, 0.4) is 0 Å². The summed E-state index contributed by atoms with van der Waals surface area (Å²) in [6, 6.07) is 1.64. The Kier molecular flexibility index (Phi) is 4.20. The van der Waals surface area contributed by atoms with Crippen LogP contribution in [0.1, 0.15) is 12.0 Å². The first-order chi connectivity index (χ1) is 8.90. The standard InChI is InChI=1S/C10H12N6O3/c1-15-8(12)6(9(18)16(2)10(15)19)5-13-14-7(17)3-4-11/h5H,3,12H2,1-2H3,(H,14,17)/b13-5-. The van der Waals surface area contributed by atoms with E-state index in [1.54, 1.807) is 6.07 Å². The van der Waals surface area contributed by atoms with Crippen molar-refractivity contribution in [3.8, 4) is 6.07 Å². The number of nitrogens with zero attached hydrogens (tertiary/aromatic N) is 4. The van der Waals surface area contributed by atoms with E-state index in [0.717, 1.165) is 15.3 Å². The molecule has 9 heteroatoms. The van der Waals surface area contributed by atoms with Gasteiger partial charge in [-0.1, -0.05) is 0 Å². The molecule has 1 heterocycles. The monoisotopic (exact) mass is 264 g/mol. The van der Waals surface area contributed by atoms with E-state index in [1.165, 1.54) is 14.1 Å². The van der Waals surface area contributed by atoms with Gasteiger partial charge >= 0.3 is 5.69 Å². The molecule has 0 unspecified atom stereocenters. The van der Waals surface area contributed by atoms with Gasteiger partial charge in [0.15, 0.2) is 0 Å². The van der Waals surface area contributed by atoms with E-state index in [0.29, 0.717) is 0 Å². The molecule has 0 atom stereocenters. The highest BCUT2D eigenvalue weighted by Crippen LogP contribution is 1.98. The Morgan fingerprint density at radius 2 is 2.11 bits per heavy atom. The number of nitriles is 1. The Labute approximate surface area is 107 Å². The zero-order valence-electron chi connectivity index (χ0n) is 10.4. The molecule has 0 radical (unpaired) electrons. The van der Waals surface area contributed by atoms with Crippen molar-refractivity contribution >= 4 is 17.9 Å². The van der Waals surface area contributed by atoms with Gasteiger partial charge in [0, 0.05) is 14.1 Å². The molecule has 0 spiro atoms. The van der Waals surface area contributed by atoms with Crippen LogP contribution in [0.4, 0.5) is 5.82 Å². The number of nitrogens with one attached hydrogen (secondary N) is 1. The van der Waals surface area contributed by atoms with E-state index < -0.39 is 17.2 Å². The molecular formula is C10H12N6O3. The predicted molar refractivity (Wildman–Crippen MR) is 67.3 cm³/mol. The second-order valence-electron chi connectivity index (χ2n) is 3.63. The largest absolute Gasteiger partial charge is 0.384 e. The molecule has 0 aliphatic heterocycles. The first-order valence-electron chi connectivity index (χ1n) is 5.14. The quantitative estimate of drug-likeness (QED) is 0.482. The molecule has 3 N–H and O–H groups in total. The molecule has 1 amide bonds. The summed E-state index contributed by atoms with van der Waals surface area (Å²) in [5.74, 6) is -0.676. The van der Waals surface area contributed by atoms with Gasteiger partial charge in [-0.05, 0) is 0 Å². The summed E-state index contributed by atoms with van der Waals surface area (Å²) in [6.07, 6.45) is 0.685. The van der Waals surface area contributed by atoms with Crippen LogP contribution in [0.15, 0.2) is 14.7 Å². The highest BCUT2D eigenvalue weighted by atomic mass is 16.2. The molecule has 1 aromatic rings. The summed E-state index contributed by atoms with van der Waals surface area (Å²) in [6.45, 7) is 0. The molecule has 100 valence electrons. The van der Waals surface area contributed by atoms with Crippen LogP contribution >= 0.6 is 0 Å². The molecule has 1 rings (SSSR count). The van der Waals surface area contributed by atoms with Crippen LogP contribution in [0, 0.1) is 11.3 Å². The minimum Gasteiger partial charge on any atom is -0.384 e. The van der Waals surface area contributed by atoms with Crippen molar-refractivity contribution in [2.45, 2.75) is 6.42 Å². The lowest BCUT2D eigenvalue weighted by Gasteiger charge is -2.08. The highest BCUT2D eigenvalue weighted by molar-refractivity contribution is 5.86. The molecular weight excluding hydrogens is 252 g/mol. The van der Waals surface area contributed by atoms with Gasteiger partial charge in [-0.2, -0.15) is 10.4 Å². The number of carbonyl (C=O) groups excluding carboxylic acids is 1. The topological polar surface area (TPSA) is 135 Å². The average molecular weight is 264 g/mol. The maximum absolute atomic E-state index is 11.8. The zero-order valence-corrected chi connectivity index (χ0v) is 10.4. The SMILES string of the molecule is Cn1c(N)c(/C=N\NC(=O)CC#N)c(=O)n(C)c1=O. The van der Waals surface area contributed by atoms with Crippen molar-refractivity contribution in [3.63, 3.8) is 0 Å². The van der Waals surface area contributed by atoms with Crippen molar-refractivity contribution in [3.05, 3.63) is 26.4 Å². The molecule has 19 heavy (non-hydrogen) atoms. The van der Waals surface area contributed by atoms with Crippen molar-refractivity contribution in [1.29, 1.82) is 5.26 Å². The maximum Gasteiger partial charge on any atom is 0.332 e. The minimum absolute atomic E-state index is 0.0261. The Bertz CT molecular complexity index is 691. The number of nitrogen functional groups attached to an aromatic ring is 1. The molecule has 0 bridgehead atoms. The fraction of sp³-hybridized carbons (Fsp3) is 0.300. The van der Waals surface area contributed by atoms with Gasteiger partial charge in [-0.25, -0.2) is 10.2 Å². The van der Waals surface area contributed by atoms with Gasteiger partial charge < -0.3 is 5.73 Å². The lowest BCUT2D eigenvalue weighted by Crippen LogP contribution is -2.40. The summed E-state index contributed by atoms with van der Waals surface area (Å²) >= 11 is 0. The number of hydrogen-bond donors (Lipinski definition) is 2. The number of hydrogen-bond acceptors (Lipinski definition) is 6. The second-order valence-corrected chi connectivity index (χ2v) is 3.63. The summed E-state index contributed by atoms with van der Waals surface area (Å²) in [5, 5.41) is 11.8. The van der Waals surface area contributed by atoms with Crippen LogP contribution in [0.5, 0.6) is 0 Å². The molecule has 0 aromatic carbocycles. The van der Waals surface area contributed by atoms with E-state index in [-0.39, 0.29) is 17.8 Å². The third-order valence-electron chi connectivity index (χ3n) is 2.37. The number of nitrogens with two attached hydrogens (primary N) is 1. The minimum atomic E-state index is -0.626. The van der Waals surface area contributed by atoms with Crippen LogP contribution in [0.25, 0.3) is 0 Å². The third-order valence-corrected chi connectivity index (χ3v) is 2.37. The molecule has 1 aromatic heterocycles. The maximum atomic E-state index is 11.8. The Morgan fingerprint density at radius 1 is 1.47 bits per heavy atom. The Morgan fingerprint density at radius 3 is 2.68 bits per heavy atom. The molecule has 0 aliphatic carbocycles. The van der Waals surface area contributed by atoms with Crippen LogP contribution in [0.2, 0.25) is 0 Å². The molecule has 0 fully saturated rings. The van der Waals surface area contributed by atoms with Crippen LogP contribution in [-0.4, -0.2) is 21.3 Å². The van der Waals surface area contributed by atoms with E-state index in [1.807, 2.05) is 0 Å². The molecule has 0 aliphatic rings.